The molecule has 2 rings (SSSR count). The minimum absolute atomic E-state index is 0.0901. The predicted molar refractivity (Wildman–Crippen MR) is 83.1 cm³/mol. The normalized spacial score (nSPS) is 11.6. The molecule has 2 aromatic rings. The Kier molecular flexibility index (Phi) is 4.67. The lowest BCUT2D eigenvalue weighted by atomic mass is 10.2. The molecule has 0 aliphatic heterocycles. The molecule has 0 atom stereocenters. The highest BCUT2D eigenvalue weighted by atomic mass is 32.2. The average molecular weight is 336 g/mol. The lowest BCUT2D eigenvalue weighted by molar-refractivity contribution is -0.384. The summed E-state index contributed by atoms with van der Waals surface area (Å²) in [6.07, 6.45) is 0. The van der Waals surface area contributed by atoms with Gasteiger partial charge in [-0.25, -0.2) is 0 Å². The fourth-order valence-corrected chi connectivity index (χ4v) is 2.31. The summed E-state index contributed by atoms with van der Waals surface area (Å²) in [6.45, 7) is 0. The van der Waals surface area contributed by atoms with E-state index in [2.05, 4.69) is 15.5 Å². The third-order valence-electron chi connectivity index (χ3n) is 2.83. The van der Waals surface area contributed by atoms with Crippen molar-refractivity contribution in [3.8, 4) is 0 Å². The number of azo groups is 1. The Hall–Kier alpha value is -2.85. The third kappa shape index (κ3) is 4.08. The first kappa shape index (κ1) is 16.5. The van der Waals surface area contributed by atoms with E-state index in [1.807, 2.05) is 0 Å². The van der Waals surface area contributed by atoms with Gasteiger partial charge in [0, 0.05) is 18.8 Å². The minimum atomic E-state index is -4.52. The van der Waals surface area contributed by atoms with Gasteiger partial charge in [-0.05, 0) is 36.4 Å². The quantitative estimate of drug-likeness (QED) is 0.372. The van der Waals surface area contributed by atoms with Crippen molar-refractivity contribution in [1.82, 2.24) is 0 Å². The Morgan fingerprint density at radius 2 is 1.83 bits per heavy atom. The van der Waals surface area contributed by atoms with Gasteiger partial charge in [-0.2, -0.15) is 18.6 Å². The molecule has 0 fully saturated rings. The molecule has 0 bridgehead atoms. The molecule has 0 amide bonds. The van der Waals surface area contributed by atoms with Gasteiger partial charge in [0.25, 0.3) is 15.8 Å². The zero-order valence-corrected chi connectivity index (χ0v) is 12.7. The Morgan fingerprint density at radius 3 is 2.35 bits per heavy atom. The number of nitrogens with zero attached hydrogens (tertiary/aromatic N) is 3. The van der Waals surface area contributed by atoms with Crippen LogP contribution in [0, 0.1) is 10.1 Å². The van der Waals surface area contributed by atoms with Crippen molar-refractivity contribution in [2.75, 3.05) is 12.4 Å². The smallest absolute Gasteiger partial charge is 0.294 e. The van der Waals surface area contributed by atoms with Gasteiger partial charge in [-0.15, -0.1) is 0 Å². The number of nitro benzene ring substituents is 1. The van der Waals surface area contributed by atoms with E-state index in [9.17, 15) is 18.5 Å². The standard InChI is InChI=1S/C13H12N4O5S/c1-14-16-10-4-2-9(3-5-10)15-12-7-6-11(23(20,21)22)8-13(12)17(18)19/h2-8,15H,1H3,(H,20,21,22)/b16-14+. The van der Waals surface area contributed by atoms with E-state index in [-0.39, 0.29) is 5.69 Å². The second-order valence-corrected chi connectivity index (χ2v) is 5.80. The fourth-order valence-electron chi connectivity index (χ4n) is 1.81. The predicted octanol–water partition coefficient (Wildman–Crippen LogP) is 3.30. The molecule has 120 valence electrons. The van der Waals surface area contributed by atoms with E-state index in [4.69, 9.17) is 4.55 Å². The summed E-state index contributed by atoms with van der Waals surface area (Å²) in [7, 11) is -2.98. The molecule has 0 spiro atoms. The summed E-state index contributed by atoms with van der Waals surface area (Å²) in [4.78, 5) is 9.81. The Labute approximate surface area is 131 Å². The summed E-state index contributed by atoms with van der Waals surface area (Å²) in [5, 5.41) is 21.4. The average Bonchev–Trinajstić information content (AvgIpc) is 2.48. The molecule has 0 radical (unpaired) electrons. The number of anilines is 2. The van der Waals surface area contributed by atoms with Crippen molar-refractivity contribution < 1.29 is 17.9 Å². The first-order valence-electron chi connectivity index (χ1n) is 6.24. The molecule has 0 aliphatic carbocycles. The topological polar surface area (TPSA) is 134 Å². The van der Waals surface area contributed by atoms with Crippen molar-refractivity contribution in [2.45, 2.75) is 4.90 Å². The van der Waals surface area contributed by atoms with Crippen LogP contribution in [0.5, 0.6) is 0 Å². The monoisotopic (exact) mass is 336 g/mol. The summed E-state index contributed by atoms with van der Waals surface area (Å²) in [6, 6.07) is 9.68. The summed E-state index contributed by atoms with van der Waals surface area (Å²) in [5.74, 6) is 0. The van der Waals surface area contributed by atoms with Crippen LogP contribution in [0.1, 0.15) is 0 Å². The molecule has 0 heterocycles. The Bertz CT molecular complexity index is 862. The fraction of sp³-hybridized carbons (Fsp3) is 0.0769. The van der Waals surface area contributed by atoms with Crippen molar-refractivity contribution >= 4 is 32.9 Å². The van der Waals surface area contributed by atoms with Gasteiger partial charge < -0.3 is 5.32 Å². The molecule has 0 aromatic heterocycles. The van der Waals surface area contributed by atoms with Crippen LogP contribution in [-0.2, 0) is 10.1 Å². The van der Waals surface area contributed by atoms with Crippen LogP contribution in [0.3, 0.4) is 0 Å². The van der Waals surface area contributed by atoms with Gasteiger partial charge in [0.05, 0.1) is 10.6 Å². The molecule has 0 aliphatic rings. The van der Waals surface area contributed by atoms with Gasteiger partial charge in [0.15, 0.2) is 0 Å². The molecular formula is C13H12N4O5S. The van der Waals surface area contributed by atoms with E-state index >= 15 is 0 Å². The SMILES string of the molecule is C/N=N/c1ccc(Nc2ccc(S(=O)(=O)O)cc2[N+](=O)[O-])cc1. The van der Waals surface area contributed by atoms with Gasteiger partial charge in [0.2, 0.25) is 0 Å². The number of nitro groups is 1. The molecule has 0 saturated heterocycles. The van der Waals surface area contributed by atoms with Crippen LogP contribution >= 0.6 is 0 Å². The van der Waals surface area contributed by atoms with E-state index in [0.717, 1.165) is 12.1 Å². The molecule has 9 nitrogen and oxygen atoms in total. The molecule has 0 unspecified atom stereocenters. The molecule has 23 heavy (non-hydrogen) atoms. The minimum Gasteiger partial charge on any atom is -0.350 e. The second-order valence-electron chi connectivity index (χ2n) is 4.38. The lowest BCUT2D eigenvalue weighted by Gasteiger charge is -2.08. The summed E-state index contributed by atoms with van der Waals surface area (Å²) >= 11 is 0. The van der Waals surface area contributed by atoms with Gasteiger partial charge in [0.1, 0.15) is 10.6 Å². The van der Waals surface area contributed by atoms with Crippen molar-refractivity contribution in [2.24, 2.45) is 10.2 Å². The Balaban J connectivity index is 2.37. The van der Waals surface area contributed by atoms with E-state index in [0.29, 0.717) is 11.4 Å². The zero-order chi connectivity index (χ0) is 17.0. The van der Waals surface area contributed by atoms with Crippen LogP contribution < -0.4 is 5.32 Å². The number of nitrogens with one attached hydrogen (secondary N) is 1. The van der Waals surface area contributed by atoms with Crippen LogP contribution in [0.4, 0.5) is 22.7 Å². The molecule has 2 aromatic carbocycles. The van der Waals surface area contributed by atoms with E-state index in [1.165, 1.54) is 13.1 Å². The Morgan fingerprint density at radius 1 is 1.17 bits per heavy atom. The molecular weight excluding hydrogens is 324 g/mol. The van der Waals surface area contributed by atoms with Crippen LogP contribution in [0.15, 0.2) is 57.6 Å². The second kappa shape index (κ2) is 6.50. The largest absolute Gasteiger partial charge is 0.350 e. The van der Waals surface area contributed by atoms with Gasteiger partial charge in [-0.3, -0.25) is 14.7 Å². The van der Waals surface area contributed by atoms with Crippen molar-refractivity contribution in [1.29, 1.82) is 0 Å². The highest BCUT2D eigenvalue weighted by Gasteiger charge is 2.19. The summed E-state index contributed by atoms with van der Waals surface area (Å²) < 4.78 is 31.1. The highest BCUT2D eigenvalue weighted by molar-refractivity contribution is 7.85. The molecule has 10 heteroatoms. The lowest BCUT2D eigenvalue weighted by Crippen LogP contribution is -2.02. The van der Waals surface area contributed by atoms with Crippen molar-refractivity contribution in [3.63, 3.8) is 0 Å². The van der Waals surface area contributed by atoms with Crippen LogP contribution in [0.25, 0.3) is 0 Å². The maximum absolute atomic E-state index is 11.1. The summed E-state index contributed by atoms with van der Waals surface area (Å²) in [5.41, 5.74) is 0.779. The number of hydrogen-bond donors (Lipinski definition) is 2. The molecule has 2 N–H and O–H groups in total. The number of hydrogen-bond acceptors (Lipinski definition) is 7. The zero-order valence-electron chi connectivity index (χ0n) is 11.9. The first-order chi connectivity index (χ1) is 10.8. The maximum atomic E-state index is 11.1. The van der Waals surface area contributed by atoms with E-state index in [1.54, 1.807) is 24.3 Å². The van der Waals surface area contributed by atoms with Crippen LogP contribution in [0.2, 0.25) is 0 Å². The molecule has 0 saturated carbocycles. The van der Waals surface area contributed by atoms with Gasteiger partial charge >= 0.3 is 0 Å². The van der Waals surface area contributed by atoms with Gasteiger partial charge in [-0.1, -0.05) is 0 Å². The third-order valence-corrected chi connectivity index (χ3v) is 3.68. The first-order valence-corrected chi connectivity index (χ1v) is 7.68. The maximum Gasteiger partial charge on any atom is 0.294 e. The number of benzene rings is 2. The van der Waals surface area contributed by atoms with Crippen LogP contribution in [-0.4, -0.2) is 24.9 Å². The highest BCUT2D eigenvalue weighted by Crippen LogP contribution is 2.30. The van der Waals surface area contributed by atoms with Crippen molar-refractivity contribution in [3.05, 3.63) is 52.6 Å². The van der Waals surface area contributed by atoms with E-state index < -0.39 is 25.6 Å². The number of rotatable bonds is 5.